The number of amides is 1. The number of hydrogen-bond donors (Lipinski definition) is 2. The van der Waals surface area contributed by atoms with E-state index >= 15 is 0 Å². The molecule has 2 N–H and O–H groups in total. The number of carbonyl (C=O) groups excluding carboxylic acids is 1. The van der Waals surface area contributed by atoms with Crippen LogP contribution >= 0.6 is 0 Å². The van der Waals surface area contributed by atoms with Crippen molar-refractivity contribution in [1.82, 2.24) is 9.97 Å². The van der Waals surface area contributed by atoms with Crippen LogP contribution in [0.2, 0.25) is 0 Å². The van der Waals surface area contributed by atoms with E-state index in [1.165, 1.54) is 19.3 Å². The molecule has 0 aliphatic heterocycles. The molecule has 0 bridgehead atoms. The monoisotopic (exact) mass is 387 g/mol. The van der Waals surface area contributed by atoms with Crippen LogP contribution in [-0.4, -0.2) is 21.0 Å². The van der Waals surface area contributed by atoms with Gasteiger partial charge in [0.05, 0.1) is 24.0 Å². The molecule has 3 aromatic rings. The van der Waals surface area contributed by atoms with Gasteiger partial charge >= 0.3 is 0 Å². The average molecular weight is 387 g/mol. The highest BCUT2D eigenvalue weighted by atomic mass is 16.3. The predicted molar refractivity (Wildman–Crippen MR) is 114 cm³/mol. The molecule has 0 spiro atoms. The first-order valence-corrected chi connectivity index (χ1v) is 10.2. The topological polar surface area (TPSA) is 75.1 Å². The first-order chi connectivity index (χ1) is 14.2. The first-order valence-electron chi connectivity index (χ1n) is 10.2. The van der Waals surface area contributed by atoms with Crippen LogP contribution in [0, 0.1) is 0 Å². The normalized spacial score (nSPS) is 14.5. The molecule has 1 amide bonds. The molecule has 1 aliphatic rings. The Labute approximate surface area is 170 Å². The summed E-state index contributed by atoms with van der Waals surface area (Å²) in [5, 5.41) is 12.5. The number of nitrogens with zero attached hydrogens (tertiary/aromatic N) is 2. The smallest absolute Gasteiger partial charge is 0.229 e. The number of hydrogen-bond acceptors (Lipinski definition) is 4. The molecule has 4 rings (SSSR count). The molecule has 0 saturated heterocycles. The van der Waals surface area contributed by atoms with Crippen molar-refractivity contribution >= 4 is 11.7 Å². The summed E-state index contributed by atoms with van der Waals surface area (Å²) in [6, 6.07) is 16.7. The number of nitrogens with one attached hydrogen (secondary N) is 1. The summed E-state index contributed by atoms with van der Waals surface area (Å²) >= 11 is 0. The van der Waals surface area contributed by atoms with Gasteiger partial charge in [-0.1, -0.05) is 49.6 Å². The quantitative estimate of drug-likeness (QED) is 0.640. The predicted octanol–water partition coefficient (Wildman–Crippen LogP) is 5.08. The van der Waals surface area contributed by atoms with Crippen molar-refractivity contribution in [3.63, 3.8) is 0 Å². The molecule has 1 fully saturated rings. The lowest BCUT2D eigenvalue weighted by Gasteiger charge is -2.23. The van der Waals surface area contributed by atoms with Crippen LogP contribution in [0.15, 0.2) is 60.8 Å². The molecule has 148 valence electrons. The molecule has 5 heteroatoms. The van der Waals surface area contributed by atoms with Crippen molar-refractivity contribution in [2.45, 2.75) is 44.4 Å². The molecule has 0 atom stereocenters. The Morgan fingerprint density at radius 3 is 2.45 bits per heavy atom. The van der Waals surface area contributed by atoms with Gasteiger partial charge in [-0.25, -0.2) is 9.97 Å². The zero-order valence-corrected chi connectivity index (χ0v) is 16.3. The molecule has 1 saturated carbocycles. The number of aromatic nitrogens is 2. The summed E-state index contributed by atoms with van der Waals surface area (Å²) in [7, 11) is 0. The van der Waals surface area contributed by atoms with E-state index in [4.69, 9.17) is 4.98 Å². The minimum atomic E-state index is -0.0834. The molecule has 1 aliphatic carbocycles. The summed E-state index contributed by atoms with van der Waals surface area (Å²) in [5.74, 6) is 1.01. The van der Waals surface area contributed by atoms with Gasteiger partial charge in [0.25, 0.3) is 0 Å². The lowest BCUT2D eigenvalue weighted by atomic mass is 9.86. The summed E-state index contributed by atoms with van der Waals surface area (Å²) in [6.07, 6.45) is 7.73. The van der Waals surface area contributed by atoms with Crippen LogP contribution in [0.5, 0.6) is 5.75 Å². The van der Waals surface area contributed by atoms with E-state index in [1.54, 1.807) is 18.3 Å². The number of anilines is 1. The number of phenols is 1. The summed E-state index contributed by atoms with van der Waals surface area (Å²) in [4.78, 5) is 22.1. The van der Waals surface area contributed by atoms with E-state index in [0.717, 1.165) is 35.4 Å². The number of benzene rings is 2. The fraction of sp³-hybridized carbons (Fsp3) is 0.292. The fourth-order valence-electron chi connectivity index (χ4n) is 3.89. The van der Waals surface area contributed by atoms with Crippen molar-refractivity contribution in [2.24, 2.45) is 0 Å². The molecule has 29 heavy (non-hydrogen) atoms. The molecule has 5 nitrogen and oxygen atoms in total. The van der Waals surface area contributed by atoms with Crippen LogP contribution in [0.4, 0.5) is 5.82 Å². The van der Waals surface area contributed by atoms with Gasteiger partial charge in [0.2, 0.25) is 5.91 Å². The lowest BCUT2D eigenvalue weighted by Crippen LogP contribution is -2.19. The number of rotatable bonds is 5. The second kappa shape index (κ2) is 8.86. The maximum Gasteiger partial charge on any atom is 0.229 e. The Balaban J connectivity index is 1.61. The van der Waals surface area contributed by atoms with Gasteiger partial charge in [-0.05, 0) is 42.7 Å². The van der Waals surface area contributed by atoms with E-state index in [0.29, 0.717) is 18.2 Å². The second-order valence-electron chi connectivity index (χ2n) is 7.58. The standard InChI is InChI=1S/C24H25N3O2/c28-20-13-11-18(12-14-20)21-16-25-24(23(26-21)19-9-5-2-6-10-19)27-22(29)15-17-7-3-1-4-8-17/h1,3-4,7-8,11-14,16,19,28H,2,5-6,9-10,15H2,(H,25,27,29). The maximum atomic E-state index is 12.6. The minimum absolute atomic E-state index is 0.0834. The molecule has 0 radical (unpaired) electrons. The van der Waals surface area contributed by atoms with Crippen LogP contribution in [0.1, 0.15) is 49.3 Å². The molecule has 0 unspecified atom stereocenters. The molecule has 2 aromatic carbocycles. The first kappa shape index (κ1) is 19.1. The third-order valence-electron chi connectivity index (χ3n) is 5.42. The van der Waals surface area contributed by atoms with Gasteiger partial charge in [0.15, 0.2) is 5.82 Å². The summed E-state index contributed by atoms with van der Waals surface area (Å²) in [5.41, 5.74) is 3.50. The molecule has 1 heterocycles. The van der Waals surface area contributed by atoms with Gasteiger partial charge in [-0.15, -0.1) is 0 Å². The molecular weight excluding hydrogens is 362 g/mol. The molecule has 1 aromatic heterocycles. The van der Waals surface area contributed by atoms with E-state index in [9.17, 15) is 9.90 Å². The number of aromatic hydroxyl groups is 1. The number of carbonyl (C=O) groups is 1. The summed E-state index contributed by atoms with van der Waals surface area (Å²) < 4.78 is 0. The Kier molecular flexibility index (Phi) is 5.84. The highest BCUT2D eigenvalue weighted by Crippen LogP contribution is 2.35. The van der Waals surface area contributed by atoms with Crippen LogP contribution in [0.3, 0.4) is 0 Å². The summed E-state index contributed by atoms with van der Waals surface area (Å²) in [6.45, 7) is 0. The van der Waals surface area contributed by atoms with E-state index in [2.05, 4.69) is 10.3 Å². The Morgan fingerprint density at radius 2 is 1.72 bits per heavy atom. The van der Waals surface area contributed by atoms with Crippen molar-refractivity contribution in [2.75, 3.05) is 5.32 Å². The van der Waals surface area contributed by atoms with Gasteiger partial charge in [-0.2, -0.15) is 0 Å². The van der Waals surface area contributed by atoms with Crippen molar-refractivity contribution in [3.8, 4) is 17.0 Å². The van der Waals surface area contributed by atoms with Crippen LogP contribution in [0.25, 0.3) is 11.3 Å². The van der Waals surface area contributed by atoms with E-state index in [1.807, 2.05) is 42.5 Å². The Morgan fingerprint density at radius 1 is 1.00 bits per heavy atom. The zero-order chi connectivity index (χ0) is 20.1. The largest absolute Gasteiger partial charge is 0.508 e. The maximum absolute atomic E-state index is 12.6. The lowest BCUT2D eigenvalue weighted by molar-refractivity contribution is -0.115. The fourth-order valence-corrected chi connectivity index (χ4v) is 3.89. The van der Waals surface area contributed by atoms with E-state index in [-0.39, 0.29) is 11.7 Å². The van der Waals surface area contributed by atoms with Gasteiger partial charge < -0.3 is 10.4 Å². The Hall–Kier alpha value is -3.21. The zero-order valence-electron chi connectivity index (χ0n) is 16.3. The van der Waals surface area contributed by atoms with Crippen LogP contribution in [-0.2, 0) is 11.2 Å². The SMILES string of the molecule is O=C(Cc1ccccc1)Nc1ncc(-c2ccc(O)cc2)nc1C1CCCCC1. The minimum Gasteiger partial charge on any atom is -0.508 e. The second-order valence-corrected chi connectivity index (χ2v) is 7.58. The van der Waals surface area contributed by atoms with Gasteiger partial charge in [0, 0.05) is 11.5 Å². The van der Waals surface area contributed by atoms with E-state index < -0.39 is 0 Å². The third-order valence-corrected chi connectivity index (χ3v) is 5.42. The third kappa shape index (κ3) is 4.80. The van der Waals surface area contributed by atoms with Gasteiger partial charge in [0.1, 0.15) is 5.75 Å². The van der Waals surface area contributed by atoms with Crippen LogP contribution < -0.4 is 5.32 Å². The highest BCUT2D eigenvalue weighted by molar-refractivity contribution is 5.92. The average Bonchev–Trinajstić information content (AvgIpc) is 2.76. The molecular formula is C24H25N3O2. The van der Waals surface area contributed by atoms with Gasteiger partial charge in [-0.3, -0.25) is 4.79 Å². The van der Waals surface area contributed by atoms with Crippen molar-refractivity contribution < 1.29 is 9.90 Å². The number of phenolic OH excluding ortho intramolecular Hbond substituents is 1. The highest BCUT2D eigenvalue weighted by Gasteiger charge is 2.23. The Bertz CT molecular complexity index is 965. The van der Waals surface area contributed by atoms with Crippen molar-refractivity contribution in [1.29, 1.82) is 0 Å². The van der Waals surface area contributed by atoms with Crippen molar-refractivity contribution in [3.05, 3.63) is 72.1 Å².